The van der Waals surface area contributed by atoms with Crippen LogP contribution in [0.3, 0.4) is 0 Å². The minimum absolute atomic E-state index is 0.136. The number of imidazole rings is 1. The van der Waals surface area contributed by atoms with Crippen molar-refractivity contribution in [1.29, 1.82) is 0 Å². The molecular weight excluding hydrogens is 320 g/mol. The van der Waals surface area contributed by atoms with E-state index in [9.17, 15) is 4.79 Å². The van der Waals surface area contributed by atoms with Crippen molar-refractivity contribution in [1.82, 2.24) is 19.2 Å². The molecule has 1 aromatic carbocycles. The molecule has 1 fully saturated rings. The van der Waals surface area contributed by atoms with E-state index in [4.69, 9.17) is 4.98 Å². The van der Waals surface area contributed by atoms with Gasteiger partial charge in [-0.1, -0.05) is 41.7 Å². The summed E-state index contributed by atoms with van der Waals surface area (Å²) in [5.41, 5.74) is 3.02. The topological polar surface area (TPSA) is 40.9 Å². The molecule has 24 heavy (non-hydrogen) atoms. The van der Waals surface area contributed by atoms with Crippen LogP contribution in [0.15, 0.2) is 36.5 Å². The highest BCUT2D eigenvalue weighted by Crippen LogP contribution is 2.28. The normalized spacial score (nSPS) is 16.0. The van der Waals surface area contributed by atoms with E-state index < -0.39 is 0 Å². The van der Waals surface area contributed by atoms with Crippen LogP contribution in [0.4, 0.5) is 0 Å². The summed E-state index contributed by atoms with van der Waals surface area (Å²) in [6.45, 7) is 5.47. The van der Waals surface area contributed by atoms with Crippen molar-refractivity contribution in [2.24, 2.45) is 0 Å². The van der Waals surface area contributed by atoms with Crippen molar-refractivity contribution in [2.75, 3.05) is 33.2 Å². The van der Waals surface area contributed by atoms with E-state index in [2.05, 4.69) is 24.1 Å². The monoisotopic (exact) mass is 340 g/mol. The van der Waals surface area contributed by atoms with Gasteiger partial charge in [0.15, 0.2) is 4.96 Å². The first-order chi connectivity index (χ1) is 11.6. The van der Waals surface area contributed by atoms with Gasteiger partial charge in [0.2, 0.25) is 0 Å². The summed E-state index contributed by atoms with van der Waals surface area (Å²) in [7, 11) is 2.09. The second kappa shape index (κ2) is 6.03. The third-order valence-electron chi connectivity index (χ3n) is 4.61. The molecule has 3 heterocycles. The summed E-state index contributed by atoms with van der Waals surface area (Å²) in [4.78, 5) is 23.4. The molecule has 0 N–H and O–H groups in total. The Hall–Kier alpha value is -2.18. The number of carbonyl (C=O) groups excluding carboxylic acids is 1. The summed E-state index contributed by atoms with van der Waals surface area (Å²) in [5, 5.41) is 0. The SMILES string of the molecule is Cc1c(C(=O)N2CCN(C)CC2)sc2nc(-c3ccccc3)cn12. The van der Waals surface area contributed by atoms with Crippen LogP contribution in [-0.4, -0.2) is 58.3 Å². The van der Waals surface area contributed by atoms with Gasteiger partial charge in [0, 0.05) is 43.6 Å². The summed E-state index contributed by atoms with van der Waals surface area (Å²) in [6.07, 6.45) is 2.03. The number of amides is 1. The lowest BCUT2D eigenvalue weighted by Crippen LogP contribution is -2.47. The molecule has 5 nitrogen and oxygen atoms in total. The van der Waals surface area contributed by atoms with E-state index in [0.717, 1.165) is 53.0 Å². The smallest absolute Gasteiger partial charge is 0.265 e. The van der Waals surface area contributed by atoms with Crippen molar-refractivity contribution in [2.45, 2.75) is 6.92 Å². The zero-order valence-electron chi connectivity index (χ0n) is 13.9. The summed E-state index contributed by atoms with van der Waals surface area (Å²) in [5.74, 6) is 0.136. The number of aryl methyl sites for hydroxylation is 1. The molecule has 1 aliphatic rings. The lowest BCUT2D eigenvalue weighted by atomic mass is 10.2. The van der Waals surface area contributed by atoms with Gasteiger partial charge in [0.05, 0.1) is 5.69 Å². The third-order valence-corrected chi connectivity index (χ3v) is 5.76. The van der Waals surface area contributed by atoms with Gasteiger partial charge < -0.3 is 9.80 Å². The fourth-order valence-electron chi connectivity index (χ4n) is 3.05. The highest BCUT2D eigenvalue weighted by atomic mass is 32.1. The van der Waals surface area contributed by atoms with Crippen molar-refractivity contribution in [3.63, 3.8) is 0 Å². The number of nitrogens with zero attached hydrogens (tertiary/aromatic N) is 4. The van der Waals surface area contributed by atoms with E-state index in [1.54, 1.807) is 0 Å². The van der Waals surface area contributed by atoms with E-state index in [1.807, 2.05) is 40.6 Å². The molecule has 6 heteroatoms. The predicted molar refractivity (Wildman–Crippen MR) is 96.6 cm³/mol. The first-order valence-corrected chi connectivity index (χ1v) is 8.97. The number of hydrogen-bond acceptors (Lipinski definition) is 4. The summed E-state index contributed by atoms with van der Waals surface area (Å²) in [6, 6.07) is 10.1. The van der Waals surface area contributed by atoms with Gasteiger partial charge in [-0.15, -0.1) is 0 Å². The van der Waals surface area contributed by atoms with Gasteiger partial charge in [-0.2, -0.15) is 0 Å². The minimum atomic E-state index is 0.136. The Morgan fingerprint density at radius 2 is 1.83 bits per heavy atom. The van der Waals surface area contributed by atoms with Crippen molar-refractivity contribution in [3.05, 3.63) is 47.1 Å². The Bertz CT molecular complexity index is 875. The fourth-order valence-corrected chi connectivity index (χ4v) is 4.13. The first kappa shape index (κ1) is 15.4. The van der Waals surface area contributed by atoms with Gasteiger partial charge in [0.1, 0.15) is 4.88 Å². The minimum Gasteiger partial charge on any atom is -0.335 e. The Kier molecular flexibility index (Phi) is 3.86. The van der Waals surface area contributed by atoms with Crippen LogP contribution in [0, 0.1) is 6.92 Å². The van der Waals surface area contributed by atoms with Crippen LogP contribution in [0.5, 0.6) is 0 Å². The summed E-state index contributed by atoms with van der Waals surface area (Å²) >= 11 is 1.49. The maximum absolute atomic E-state index is 12.8. The average Bonchev–Trinajstić information content (AvgIpc) is 3.16. The number of rotatable bonds is 2. The largest absolute Gasteiger partial charge is 0.335 e. The number of piperazine rings is 1. The van der Waals surface area contributed by atoms with Gasteiger partial charge in [-0.05, 0) is 14.0 Å². The second-order valence-electron chi connectivity index (χ2n) is 6.26. The zero-order chi connectivity index (χ0) is 16.7. The molecule has 0 radical (unpaired) electrons. The van der Waals surface area contributed by atoms with E-state index in [1.165, 1.54) is 11.3 Å². The van der Waals surface area contributed by atoms with Gasteiger partial charge in [-0.25, -0.2) is 4.98 Å². The first-order valence-electron chi connectivity index (χ1n) is 8.15. The Labute approximate surface area is 145 Å². The molecule has 1 amide bonds. The van der Waals surface area contributed by atoms with Crippen LogP contribution in [0.25, 0.3) is 16.2 Å². The number of benzene rings is 1. The molecule has 124 valence electrons. The molecule has 0 atom stereocenters. The Morgan fingerprint density at radius 3 is 2.50 bits per heavy atom. The maximum atomic E-state index is 12.8. The van der Waals surface area contributed by atoms with Crippen LogP contribution in [-0.2, 0) is 0 Å². The molecule has 1 saturated heterocycles. The number of thiazole rings is 1. The van der Waals surface area contributed by atoms with Crippen LogP contribution >= 0.6 is 11.3 Å². The lowest BCUT2D eigenvalue weighted by Gasteiger charge is -2.32. The summed E-state index contributed by atoms with van der Waals surface area (Å²) < 4.78 is 2.04. The van der Waals surface area contributed by atoms with Gasteiger partial charge in [-0.3, -0.25) is 9.20 Å². The molecule has 3 aromatic rings. The van der Waals surface area contributed by atoms with Crippen LogP contribution in [0.1, 0.15) is 15.4 Å². The van der Waals surface area contributed by atoms with E-state index in [0.29, 0.717) is 0 Å². The molecule has 1 aliphatic heterocycles. The molecule has 0 bridgehead atoms. The van der Waals surface area contributed by atoms with Crippen molar-refractivity contribution in [3.8, 4) is 11.3 Å². The highest BCUT2D eigenvalue weighted by Gasteiger charge is 2.25. The average molecular weight is 340 g/mol. The lowest BCUT2D eigenvalue weighted by molar-refractivity contribution is 0.0668. The molecule has 2 aromatic heterocycles. The van der Waals surface area contributed by atoms with Gasteiger partial charge >= 0.3 is 0 Å². The standard InChI is InChI=1S/C18H20N4OS/c1-13-16(17(23)21-10-8-20(2)9-11-21)24-18-19-15(12-22(13)18)14-6-4-3-5-7-14/h3-7,12H,8-11H2,1-2H3. The van der Waals surface area contributed by atoms with E-state index in [-0.39, 0.29) is 5.91 Å². The quantitative estimate of drug-likeness (QED) is 0.720. The number of aromatic nitrogens is 2. The zero-order valence-corrected chi connectivity index (χ0v) is 14.7. The number of hydrogen-bond donors (Lipinski definition) is 0. The fraction of sp³-hybridized carbons (Fsp3) is 0.333. The molecule has 0 aliphatic carbocycles. The van der Waals surface area contributed by atoms with Crippen LogP contribution < -0.4 is 0 Å². The molecule has 4 rings (SSSR count). The molecule has 0 unspecified atom stereocenters. The van der Waals surface area contributed by atoms with Gasteiger partial charge in [0.25, 0.3) is 5.91 Å². The molecule has 0 spiro atoms. The third kappa shape index (κ3) is 2.61. The van der Waals surface area contributed by atoms with E-state index >= 15 is 0 Å². The van der Waals surface area contributed by atoms with Crippen molar-refractivity contribution < 1.29 is 4.79 Å². The highest BCUT2D eigenvalue weighted by molar-refractivity contribution is 7.19. The Balaban J connectivity index is 1.65. The maximum Gasteiger partial charge on any atom is 0.265 e. The number of fused-ring (bicyclic) bond motifs is 1. The second-order valence-corrected chi connectivity index (χ2v) is 7.23. The Morgan fingerprint density at radius 1 is 1.12 bits per heavy atom. The molecule has 0 saturated carbocycles. The van der Waals surface area contributed by atoms with Crippen LogP contribution in [0.2, 0.25) is 0 Å². The predicted octanol–water partition coefficient (Wildman–Crippen LogP) is 2.76. The number of likely N-dealkylation sites (N-methyl/N-ethyl adjacent to an activating group) is 1. The molecular formula is C18H20N4OS. The van der Waals surface area contributed by atoms with Crippen molar-refractivity contribution >= 4 is 22.2 Å². The number of carbonyl (C=O) groups is 1.